The summed E-state index contributed by atoms with van der Waals surface area (Å²) in [5.74, 6) is -0.612. The Hall–Kier alpha value is -2.03. The standard InChI is InChI=1S/C19H27FN4O3/c1-14(17(25)22-16-4-2-3-15(20)13-16)23-7-9-24(10-8-23)18(26)19(21)5-11-27-12-6-19/h2-4,13-14H,5-12,21H2,1H3,(H,22,25). The molecule has 0 bridgehead atoms. The van der Waals surface area contributed by atoms with Crippen LogP contribution in [0.5, 0.6) is 0 Å². The maximum Gasteiger partial charge on any atom is 0.242 e. The Morgan fingerprint density at radius 2 is 1.89 bits per heavy atom. The van der Waals surface area contributed by atoms with Crippen LogP contribution in [0.2, 0.25) is 0 Å². The van der Waals surface area contributed by atoms with Crippen molar-refractivity contribution < 1.29 is 18.7 Å². The molecule has 0 saturated carbocycles. The van der Waals surface area contributed by atoms with Gasteiger partial charge in [-0.2, -0.15) is 0 Å². The second kappa shape index (κ2) is 8.33. The number of anilines is 1. The SMILES string of the molecule is CC(C(=O)Nc1cccc(F)c1)N1CCN(C(=O)C2(N)CCOCC2)CC1. The number of piperazine rings is 1. The zero-order chi connectivity index (χ0) is 19.4. The summed E-state index contributed by atoms with van der Waals surface area (Å²) in [5, 5.41) is 2.74. The van der Waals surface area contributed by atoms with Crippen molar-refractivity contribution >= 4 is 17.5 Å². The molecule has 1 aromatic carbocycles. The van der Waals surface area contributed by atoms with E-state index in [-0.39, 0.29) is 17.9 Å². The van der Waals surface area contributed by atoms with Crippen molar-refractivity contribution in [3.63, 3.8) is 0 Å². The van der Waals surface area contributed by atoms with Gasteiger partial charge in [-0.1, -0.05) is 6.07 Å². The predicted octanol–water partition coefficient (Wildman–Crippen LogP) is 0.805. The minimum Gasteiger partial charge on any atom is -0.381 e. The quantitative estimate of drug-likeness (QED) is 0.809. The van der Waals surface area contributed by atoms with Gasteiger partial charge in [0.25, 0.3) is 0 Å². The van der Waals surface area contributed by atoms with Crippen LogP contribution >= 0.6 is 0 Å². The van der Waals surface area contributed by atoms with Crippen LogP contribution < -0.4 is 11.1 Å². The molecule has 3 N–H and O–H groups in total. The summed E-state index contributed by atoms with van der Waals surface area (Å²) in [4.78, 5) is 29.0. The Balaban J connectivity index is 1.52. The number of halogens is 1. The van der Waals surface area contributed by atoms with Gasteiger partial charge in [-0.25, -0.2) is 4.39 Å². The van der Waals surface area contributed by atoms with Gasteiger partial charge in [-0.3, -0.25) is 14.5 Å². The van der Waals surface area contributed by atoms with Gasteiger partial charge in [0.1, 0.15) is 5.82 Å². The first-order valence-electron chi connectivity index (χ1n) is 9.35. The van der Waals surface area contributed by atoms with E-state index in [9.17, 15) is 14.0 Å². The second-order valence-corrected chi connectivity index (χ2v) is 7.27. The van der Waals surface area contributed by atoms with E-state index in [1.165, 1.54) is 12.1 Å². The van der Waals surface area contributed by atoms with Crippen LogP contribution in [0.3, 0.4) is 0 Å². The number of hydrogen-bond acceptors (Lipinski definition) is 5. The first-order valence-corrected chi connectivity index (χ1v) is 9.35. The van der Waals surface area contributed by atoms with E-state index in [0.717, 1.165) is 0 Å². The van der Waals surface area contributed by atoms with Crippen LogP contribution in [-0.2, 0) is 14.3 Å². The normalized spacial score (nSPS) is 21.5. The molecule has 7 nitrogen and oxygen atoms in total. The molecule has 148 valence electrons. The molecule has 3 rings (SSSR count). The Kier molecular flexibility index (Phi) is 6.08. The Labute approximate surface area is 158 Å². The molecule has 8 heteroatoms. The maximum atomic E-state index is 13.3. The van der Waals surface area contributed by atoms with Crippen molar-refractivity contribution in [3.8, 4) is 0 Å². The number of rotatable bonds is 4. The number of ether oxygens (including phenoxy) is 1. The van der Waals surface area contributed by atoms with Crippen LogP contribution in [0.25, 0.3) is 0 Å². The lowest BCUT2D eigenvalue weighted by Crippen LogP contribution is -2.62. The highest BCUT2D eigenvalue weighted by Gasteiger charge is 2.40. The predicted molar refractivity (Wildman–Crippen MR) is 99.6 cm³/mol. The van der Waals surface area contributed by atoms with Crippen molar-refractivity contribution in [3.05, 3.63) is 30.1 Å². The Bertz CT molecular complexity index is 685. The fourth-order valence-electron chi connectivity index (χ4n) is 3.56. The summed E-state index contributed by atoms with van der Waals surface area (Å²) in [6.45, 7) is 5.10. The Morgan fingerprint density at radius 1 is 1.22 bits per heavy atom. The first-order chi connectivity index (χ1) is 12.9. The molecule has 27 heavy (non-hydrogen) atoms. The molecule has 0 aromatic heterocycles. The van der Waals surface area contributed by atoms with E-state index in [1.807, 2.05) is 11.8 Å². The first kappa shape index (κ1) is 19.7. The highest BCUT2D eigenvalue weighted by molar-refractivity contribution is 5.94. The zero-order valence-electron chi connectivity index (χ0n) is 15.6. The molecule has 0 aliphatic carbocycles. The van der Waals surface area contributed by atoms with E-state index < -0.39 is 11.4 Å². The zero-order valence-corrected chi connectivity index (χ0v) is 15.6. The number of nitrogens with zero attached hydrogens (tertiary/aromatic N) is 2. The van der Waals surface area contributed by atoms with E-state index in [0.29, 0.717) is 57.9 Å². The summed E-state index contributed by atoms with van der Waals surface area (Å²) >= 11 is 0. The third-order valence-electron chi connectivity index (χ3n) is 5.43. The molecule has 1 unspecified atom stereocenters. The van der Waals surface area contributed by atoms with Crippen LogP contribution in [0.4, 0.5) is 10.1 Å². The van der Waals surface area contributed by atoms with E-state index >= 15 is 0 Å². The van der Waals surface area contributed by atoms with Gasteiger partial charge in [0, 0.05) is 45.1 Å². The molecular formula is C19H27FN4O3. The van der Waals surface area contributed by atoms with Crippen LogP contribution in [0, 0.1) is 5.82 Å². The van der Waals surface area contributed by atoms with Crippen molar-refractivity contribution in [2.24, 2.45) is 5.73 Å². The van der Waals surface area contributed by atoms with Gasteiger partial charge >= 0.3 is 0 Å². The number of carbonyl (C=O) groups excluding carboxylic acids is 2. The summed E-state index contributed by atoms with van der Waals surface area (Å²) in [5.41, 5.74) is 5.90. The molecule has 2 fully saturated rings. The summed E-state index contributed by atoms with van der Waals surface area (Å²) < 4.78 is 18.6. The number of benzene rings is 1. The lowest BCUT2D eigenvalue weighted by atomic mass is 9.89. The van der Waals surface area contributed by atoms with E-state index in [2.05, 4.69) is 5.32 Å². The minimum atomic E-state index is -0.833. The summed E-state index contributed by atoms with van der Waals surface area (Å²) in [7, 11) is 0. The maximum absolute atomic E-state index is 13.3. The number of amides is 2. The number of nitrogens with one attached hydrogen (secondary N) is 1. The molecule has 2 saturated heterocycles. The van der Waals surface area contributed by atoms with Gasteiger partial charge < -0.3 is 20.7 Å². The molecule has 1 aromatic rings. The van der Waals surface area contributed by atoms with Gasteiger partial charge in [-0.05, 0) is 38.0 Å². The molecule has 2 heterocycles. The smallest absolute Gasteiger partial charge is 0.242 e. The average Bonchev–Trinajstić information content (AvgIpc) is 2.67. The fourth-order valence-corrected chi connectivity index (χ4v) is 3.56. The molecule has 2 amide bonds. The third-order valence-corrected chi connectivity index (χ3v) is 5.43. The molecule has 0 radical (unpaired) electrons. The summed E-state index contributed by atoms with van der Waals surface area (Å²) in [6, 6.07) is 5.45. The topological polar surface area (TPSA) is 87.9 Å². The molecular weight excluding hydrogens is 351 g/mol. The largest absolute Gasteiger partial charge is 0.381 e. The molecule has 0 spiro atoms. The molecule has 2 aliphatic heterocycles. The second-order valence-electron chi connectivity index (χ2n) is 7.27. The molecule has 1 atom stereocenters. The third kappa shape index (κ3) is 4.63. The Morgan fingerprint density at radius 3 is 2.52 bits per heavy atom. The molecule has 2 aliphatic rings. The number of nitrogens with two attached hydrogens (primary N) is 1. The number of hydrogen-bond donors (Lipinski definition) is 2. The van der Waals surface area contributed by atoms with E-state index in [1.54, 1.807) is 17.0 Å². The van der Waals surface area contributed by atoms with Crippen LogP contribution in [-0.4, -0.2) is 72.6 Å². The highest BCUT2D eigenvalue weighted by Crippen LogP contribution is 2.22. The van der Waals surface area contributed by atoms with Crippen molar-refractivity contribution in [2.45, 2.75) is 31.3 Å². The van der Waals surface area contributed by atoms with Crippen molar-refractivity contribution in [1.29, 1.82) is 0 Å². The number of carbonyl (C=O) groups is 2. The van der Waals surface area contributed by atoms with Crippen molar-refractivity contribution in [1.82, 2.24) is 9.80 Å². The minimum absolute atomic E-state index is 0.0256. The monoisotopic (exact) mass is 378 g/mol. The average molecular weight is 378 g/mol. The highest BCUT2D eigenvalue weighted by atomic mass is 19.1. The lowest BCUT2D eigenvalue weighted by molar-refractivity contribution is -0.142. The van der Waals surface area contributed by atoms with Gasteiger partial charge in [-0.15, -0.1) is 0 Å². The van der Waals surface area contributed by atoms with Crippen LogP contribution in [0.15, 0.2) is 24.3 Å². The van der Waals surface area contributed by atoms with Gasteiger partial charge in [0.15, 0.2) is 0 Å². The lowest BCUT2D eigenvalue weighted by Gasteiger charge is -2.42. The van der Waals surface area contributed by atoms with Gasteiger partial charge in [0.05, 0.1) is 11.6 Å². The fraction of sp³-hybridized carbons (Fsp3) is 0.579. The van der Waals surface area contributed by atoms with E-state index in [4.69, 9.17) is 10.5 Å². The van der Waals surface area contributed by atoms with Gasteiger partial charge in [0.2, 0.25) is 11.8 Å². The summed E-state index contributed by atoms with van der Waals surface area (Å²) in [6.07, 6.45) is 1.08. The van der Waals surface area contributed by atoms with Crippen molar-refractivity contribution in [2.75, 3.05) is 44.7 Å². The van der Waals surface area contributed by atoms with Crippen LogP contribution in [0.1, 0.15) is 19.8 Å².